The fourth-order valence-electron chi connectivity index (χ4n) is 2.56. The zero-order chi connectivity index (χ0) is 10.6. The second-order valence-corrected chi connectivity index (χ2v) is 6.08. The van der Waals surface area contributed by atoms with Crippen LogP contribution in [0.1, 0.15) is 72.6 Å². The monoisotopic (exact) mass is 196 g/mol. The molecule has 1 fully saturated rings. The third kappa shape index (κ3) is 3.63. The predicted octanol–water partition coefficient (Wildman–Crippen LogP) is 5.03. The van der Waals surface area contributed by atoms with Gasteiger partial charge in [0.15, 0.2) is 0 Å². The lowest BCUT2D eigenvalue weighted by atomic mass is 9.79. The number of rotatable bonds is 5. The molecule has 84 valence electrons. The van der Waals surface area contributed by atoms with Gasteiger partial charge >= 0.3 is 0 Å². The Hall–Kier alpha value is 0. The van der Waals surface area contributed by atoms with Crippen LogP contribution >= 0.6 is 0 Å². The second kappa shape index (κ2) is 5.19. The Bertz CT molecular complexity index is 151. The fourth-order valence-corrected chi connectivity index (χ4v) is 2.56. The van der Waals surface area contributed by atoms with Crippen LogP contribution in [0.4, 0.5) is 0 Å². The molecule has 0 radical (unpaired) electrons. The van der Waals surface area contributed by atoms with Crippen molar-refractivity contribution in [2.75, 3.05) is 0 Å². The number of hydrogen-bond donors (Lipinski definition) is 0. The highest BCUT2D eigenvalue weighted by Crippen LogP contribution is 2.36. The summed E-state index contributed by atoms with van der Waals surface area (Å²) in [6, 6.07) is 0. The fraction of sp³-hybridized carbons (Fsp3) is 1.00. The average molecular weight is 196 g/mol. The van der Waals surface area contributed by atoms with Gasteiger partial charge in [0.05, 0.1) is 0 Å². The maximum absolute atomic E-state index is 2.47. The van der Waals surface area contributed by atoms with E-state index in [9.17, 15) is 0 Å². The zero-order valence-electron chi connectivity index (χ0n) is 10.6. The Kier molecular flexibility index (Phi) is 4.47. The molecule has 0 heteroatoms. The summed E-state index contributed by atoms with van der Waals surface area (Å²) in [5, 5.41) is 0. The van der Waals surface area contributed by atoms with Crippen molar-refractivity contribution in [1.82, 2.24) is 0 Å². The van der Waals surface area contributed by atoms with Crippen molar-refractivity contribution >= 4 is 0 Å². The molecule has 0 amide bonds. The Morgan fingerprint density at radius 2 is 1.79 bits per heavy atom. The van der Waals surface area contributed by atoms with E-state index in [-0.39, 0.29) is 0 Å². The molecule has 14 heavy (non-hydrogen) atoms. The zero-order valence-corrected chi connectivity index (χ0v) is 10.6. The van der Waals surface area contributed by atoms with Crippen LogP contribution in [0.15, 0.2) is 0 Å². The van der Waals surface area contributed by atoms with Gasteiger partial charge in [0.1, 0.15) is 0 Å². The molecule has 0 N–H and O–H groups in total. The molecule has 1 rings (SSSR count). The third-order valence-electron chi connectivity index (χ3n) is 4.44. The molecule has 0 saturated heterocycles. The van der Waals surface area contributed by atoms with Gasteiger partial charge in [-0.1, -0.05) is 59.8 Å². The van der Waals surface area contributed by atoms with Crippen LogP contribution in [0.2, 0.25) is 0 Å². The van der Waals surface area contributed by atoms with Crippen LogP contribution in [0, 0.1) is 17.3 Å². The minimum atomic E-state index is 0.576. The van der Waals surface area contributed by atoms with Crippen molar-refractivity contribution < 1.29 is 0 Å². The normalized spacial score (nSPS) is 21.4. The molecule has 0 aromatic carbocycles. The summed E-state index contributed by atoms with van der Waals surface area (Å²) < 4.78 is 0. The van der Waals surface area contributed by atoms with Crippen LogP contribution in [0.3, 0.4) is 0 Å². The summed E-state index contributed by atoms with van der Waals surface area (Å²) in [6.45, 7) is 9.62. The van der Waals surface area contributed by atoms with Crippen LogP contribution in [-0.4, -0.2) is 0 Å². The van der Waals surface area contributed by atoms with E-state index in [2.05, 4.69) is 27.7 Å². The van der Waals surface area contributed by atoms with E-state index in [0.717, 1.165) is 11.8 Å². The molecule has 0 aliphatic heterocycles. The lowest BCUT2D eigenvalue weighted by Gasteiger charge is -2.26. The van der Waals surface area contributed by atoms with Crippen molar-refractivity contribution in [3.05, 3.63) is 0 Å². The first-order valence-electron chi connectivity index (χ1n) is 6.55. The van der Waals surface area contributed by atoms with E-state index < -0.39 is 0 Å². The Morgan fingerprint density at radius 1 is 1.21 bits per heavy atom. The smallest absolute Gasteiger partial charge is 0.0357 e. The summed E-state index contributed by atoms with van der Waals surface area (Å²) in [6.07, 6.45) is 10.2. The van der Waals surface area contributed by atoms with E-state index in [0.29, 0.717) is 5.41 Å². The van der Waals surface area contributed by atoms with Gasteiger partial charge in [-0.15, -0.1) is 0 Å². The molecule has 1 saturated carbocycles. The molecule has 0 nitrogen and oxygen atoms in total. The summed E-state index contributed by atoms with van der Waals surface area (Å²) in [4.78, 5) is 0. The van der Waals surface area contributed by atoms with Crippen molar-refractivity contribution in [2.24, 2.45) is 17.3 Å². The third-order valence-corrected chi connectivity index (χ3v) is 4.44. The standard InChI is InChI=1S/C14H28/c1-5-14(3,4)11-10-12(2)13-8-6-7-9-13/h12-13H,5-11H2,1-4H3. The summed E-state index contributed by atoms with van der Waals surface area (Å²) in [5.74, 6) is 2.03. The maximum atomic E-state index is 2.47. The quantitative estimate of drug-likeness (QED) is 0.578. The minimum Gasteiger partial charge on any atom is -0.0649 e. The topological polar surface area (TPSA) is 0 Å². The summed E-state index contributed by atoms with van der Waals surface area (Å²) >= 11 is 0. The van der Waals surface area contributed by atoms with Crippen molar-refractivity contribution in [2.45, 2.75) is 72.6 Å². The first-order valence-corrected chi connectivity index (χ1v) is 6.55. The molecule has 1 aliphatic carbocycles. The molecule has 1 unspecified atom stereocenters. The Balaban J connectivity index is 2.23. The largest absolute Gasteiger partial charge is 0.0649 e. The molecule has 0 spiro atoms. The number of hydrogen-bond acceptors (Lipinski definition) is 0. The van der Waals surface area contributed by atoms with E-state index in [1.54, 1.807) is 0 Å². The second-order valence-electron chi connectivity index (χ2n) is 6.08. The molecule has 1 atom stereocenters. The van der Waals surface area contributed by atoms with E-state index in [4.69, 9.17) is 0 Å². The average Bonchev–Trinajstić information content (AvgIpc) is 2.67. The predicted molar refractivity (Wildman–Crippen MR) is 64.4 cm³/mol. The van der Waals surface area contributed by atoms with E-state index in [1.165, 1.54) is 44.9 Å². The lowest BCUT2D eigenvalue weighted by Crippen LogP contribution is -2.14. The van der Waals surface area contributed by atoms with Gasteiger partial charge in [0.2, 0.25) is 0 Å². The maximum Gasteiger partial charge on any atom is -0.0357 e. The molecular formula is C14H28. The van der Waals surface area contributed by atoms with Gasteiger partial charge in [0, 0.05) is 0 Å². The molecule has 1 aliphatic rings. The van der Waals surface area contributed by atoms with Gasteiger partial charge in [0.25, 0.3) is 0 Å². The van der Waals surface area contributed by atoms with Crippen LogP contribution in [0.5, 0.6) is 0 Å². The van der Waals surface area contributed by atoms with Gasteiger partial charge < -0.3 is 0 Å². The molecule has 0 aromatic rings. The Labute approximate surface area is 90.5 Å². The first kappa shape index (κ1) is 12.1. The molecule has 0 bridgehead atoms. The Morgan fingerprint density at radius 3 is 2.29 bits per heavy atom. The van der Waals surface area contributed by atoms with Gasteiger partial charge in [-0.2, -0.15) is 0 Å². The highest BCUT2D eigenvalue weighted by atomic mass is 14.3. The molecule has 0 heterocycles. The minimum absolute atomic E-state index is 0.576. The van der Waals surface area contributed by atoms with Gasteiger partial charge in [-0.05, 0) is 30.1 Å². The highest BCUT2D eigenvalue weighted by Gasteiger charge is 2.23. The lowest BCUT2D eigenvalue weighted by molar-refractivity contribution is 0.252. The van der Waals surface area contributed by atoms with E-state index in [1.807, 2.05) is 0 Å². The van der Waals surface area contributed by atoms with Crippen molar-refractivity contribution in [3.8, 4) is 0 Å². The highest BCUT2D eigenvalue weighted by molar-refractivity contribution is 4.75. The van der Waals surface area contributed by atoms with Crippen LogP contribution in [-0.2, 0) is 0 Å². The first-order chi connectivity index (χ1) is 6.55. The van der Waals surface area contributed by atoms with Gasteiger partial charge in [-0.25, -0.2) is 0 Å². The van der Waals surface area contributed by atoms with Crippen LogP contribution < -0.4 is 0 Å². The SMILES string of the molecule is CCC(C)(C)CCC(C)C1CCCC1. The van der Waals surface area contributed by atoms with Crippen molar-refractivity contribution in [1.29, 1.82) is 0 Å². The summed E-state index contributed by atoms with van der Waals surface area (Å²) in [5.41, 5.74) is 0.576. The van der Waals surface area contributed by atoms with Crippen molar-refractivity contribution in [3.63, 3.8) is 0 Å². The summed E-state index contributed by atoms with van der Waals surface area (Å²) in [7, 11) is 0. The molecule has 0 aromatic heterocycles. The molecular weight excluding hydrogens is 168 g/mol. The van der Waals surface area contributed by atoms with E-state index >= 15 is 0 Å². The van der Waals surface area contributed by atoms with Crippen LogP contribution in [0.25, 0.3) is 0 Å². The van der Waals surface area contributed by atoms with Gasteiger partial charge in [-0.3, -0.25) is 0 Å².